The number of halogens is 2. The molecular weight excluding hydrogens is 466 g/mol. The third-order valence-corrected chi connectivity index (χ3v) is 6.64. The summed E-state index contributed by atoms with van der Waals surface area (Å²) in [7, 11) is 0. The quantitative estimate of drug-likeness (QED) is 0.409. The Morgan fingerprint density at radius 1 is 0.861 bits per heavy atom. The molecule has 0 amide bonds. The highest BCUT2D eigenvalue weighted by Crippen LogP contribution is 2.34. The second-order valence-electron chi connectivity index (χ2n) is 8.81. The van der Waals surface area contributed by atoms with E-state index in [0.29, 0.717) is 55.6 Å². The summed E-state index contributed by atoms with van der Waals surface area (Å²) in [6, 6.07) is 18.5. The van der Waals surface area contributed by atoms with Crippen LogP contribution in [0.1, 0.15) is 23.0 Å². The summed E-state index contributed by atoms with van der Waals surface area (Å²) in [5, 5.41) is 12.5. The van der Waals surface area contributed by atoms with Crippen molar-refractivity contribution in [1.82, 2.24) is 25.1 Å². The van der Waals surface area contributed by atoms with Gasteiger partial charge in [0.2, 0.25) is 6.79 Å². The molecular formula is C26H24F2N6O2. The summed E-state index contributed by atoms with van der Waals surface area (Å²) in [5.41, 5.74) is 2.43. The van der Waals surface area contributed by atoms with Crippen LogP contribution < -0.4 is 14.4 Å². The first-order valence-electron chi connectivity index (χ1n) is 11.8. The van der Waals surface area contributed by atoms with Crippen molar-refractivity contribution >= 4 is 5.69 Å². The molecule has 2 aliphatic rings. The van der Waals surface area contributed by atoms with Crippen LogP contribution in [-0.4, -0.2) is 58.1 Å². The van der Waals surface area contributed by atoms with Gasteiger partial charge in [0.25, 0.3) is 0 Å². The number of rotatable bonds is 6. The van der Waals surface area contributed by atoms with E-state index in [9.17, 15) is 4.39 Å². The monoisotopic (exact) mass is 490 g/mol. The molecule has 184 valence electrons. The average molecular weight is 491 g/mol. The van der Waals surface area contributed by atoms with Crippen LogP contribution in [0.2, 0.25) is 0 Å². The normalized spacial score (nSPS) is 16.3. The Labute approximate surface area is 206 Å². The number of hydrogen-bond donors (Lipinski definition) is 0. The molecule has 1 aromatic heterocycles. The lowest BCUT2D eigenvalue weighted by atomic mass is 10.0. The summed E-state index contributed by atoms with van der Waals surface area (Å²) in [4.78, 5) is 4.39. The lowest BCUT2D eigenvalue weighted by Gasteiger charge is -2.40. The maximum atomic E-state index is 15.1. The van der Waals surface area contributed by atoms with Gasteiger partial charge in [0.15, 0.2) is 17.3 Å². The lowest BCUT2D eigenvalue weighted by Crippen LogP contribution is -2.48. The van der Waals surface area contributed by atoms with E-state index < -0.39 is 6.04 Å². The third-order valence-electron chi connectivity index (χ3n) is 6.64. The summed E-state index contributed by atoms with van der Waals surface area (Å²) < 4.78 is 41.1. The zero-order valence-corrected chi connectivity index (χ0v) is 19.4. The first-order chi connectivity index (χ1) is 17.7. The molecule has 2 aliphatic heterocycles. The number of anilines is 1. The second kappa shape index (κ2) is 9.54. The van der Waals surface area contributed by atoms with Crippen LogP contribution in [0.25, 0.3) is 0 Å². The predicted octanol–water partition coefficient (Wildman–Crippen LogP) is 3.64. The van der Waals surface area contributed by atoms with Gasteiger partial charge in [-0.3, -0.25) is 4.90 Å². The molecule has 3 heterocycles. The van der Waals surface area contributed by atoms with Crippen molar-refractivity contribution in [2.45, 2.75) is 12.6 Å². The molecule has 0 aliphatic carbocycles. The third kappa shape index (κ3) is 4.35. The maximum absolute atomic E-state index is 15.1. The standard InChI is InChI=1S/C26H24F2N6O2/c27-19-6-8-20(9-7-19)32-11-13-33(14-12-32)25(21-3-1-2-4-22(21)28)26-29-30-31-34(26)16-18-5-10-23-24(15-18)36-17-35-23/h1-10,15,25H,11-14,16-17H2/t25-/m0/s1. The summed E-state index contributed by atoms with van der Waals surface area (Å²) in [6.07, 6.45) is 0. The largest absolute Gasteiger partial charge is 0.454 e. The van der Waals surface area contributed by atoms with E-state index in [0.717, 1.165) is 11.3 Å². The van der Waals surface area contributed by atoms with Crippen molar-refractivity contribution < 1.29 is 18.3 Å². The van der Waals surface area contributed by atoms with E-state index >= 15 is 4.39 Å². The molecule has 0 N–H and O–H groups in total. The van der Waals surface area contributed by atoms with Crippen molar-refractivity contribution in [3.05, 3.63) is 95.3 Å². The molecule has 8 nitrogen and oxygen atoms in total. The fraction of sp³-hybridized carbons (Fsp3) is 0.269. The Morgan fingerprint density at radius 2 is 1.64 bits per heavy atom. The van der Waals surface area contributed by atoms with Crippen LogP contribution in [0.3, 0.4) is 0 Å². The van der Waals surface area contributed by atoms with Gasteiger partial charge in [-0.2, -0.15) is 0 Å². The minimum absolute atomic E-state index is 0.203. The molecule has 0 bridgehead atoms. The minimum atomic E-state index is -0.467. The van der Waals surface area contributed by atoms with E-state index in [1.54, 1.807) is 28.9 Å². The summed E-state index contributed by atoms with van der Waals surface area (Å²) in [6.45, 7) is 3.34. The number of tetrazole rings is 1. The molecule has 0 saturated carbocycles. The van der Waals surface area contributed by atoms with Gasteiger partial charge in [0, 0.05) is 37.4 Å². The number of nitrogens with zero attached hydrogens (tertiary/aromatic N) is 6. The Morgan fingerprint density at radius 3 is 2.44 bits per heavy atom. The number of fused-ring (bicyclic) bond motifs is 1. The highest BCUT2D eigenvalue weighted by molar-refractivity contribution is 5.47. The topological polar surface area (TPSA) is 68.5 Å². The van der Waals surface area contributed by atoms with Crippen LogP contribution >= 0.6 is 0 Å². The van der Waals surface area contributed by atoms with Gasteiger partial charge in [0.05, 0.1) is 6.54 Å². The van der Waals surface area contributed by atoms with Gasteiger partial charge in [-0.1, -0.05) is 24.3 Å². The van der Waals surface area contributed by atoms with Gasteiger partial charge in [-0.25, -0.2) is 13.5 Å². The van der Waals surface area contributed by atoms with Crippen LogP contribution in [0.4, 0.5) is 14.5 Å². The Kier molecular flexibility index (Phi) is 5.94. The van der Waals surface area contributed by atoms with Crippen LogP contribution in [-0.2, 0) is 6.54 Å². The van der Waals surface area contributed by atoms with Gasteiger partial charge in [-0.05, 0) is 58.5 Å². The van der Waals surface area contributed by atoms with E-state index in [1.165, 1.54) is 18.2 Å². The highest BCUT2D eigenvalue weighted by Gasteiger charge is 2.32. The smallest absolute Gasteiger partial charge is 0.231 e. The fourth-order valence-corrected chi connectivity index (χ4v) is 4.82. The molecule has 0 unspecified atom stereocenters. The summed E-state index contributed by atoms with van der Waals surface area (Å²) in [5.74, 6) is 1.39. The number of aromatic nitrogens is 4. The molecule has 0 spiro atoms. The number of ether oxygens (including phenoxy) is 2. The summed E-state index contributed by atoms with van der Waals surface area (Å²) >= 11 is 0. The Hall–Kier alpha value is -4.05. The van der Waals surface area contributed by atoms with E-state index in [4.69, 9.17) is 9.47 Å². The molecule has 1 atom stereocenters. The number of piperazine rings is 1. The van der Waals surface area contributed by atoms with Gasteiger partial charge in [-0.15, -0.1) is 5.10 Å². The number of benzene rings is 3. The second-order valence-corrected chi connectivity index (χ2v) is 8.81. The Balaban J connectivity index is 1.28. The van der Waals surface area contributed by atoms with Crippen molar-refractivity contribution in [1.29, 1.82) is 0 Å². The fourth-order valence-electron chi connectivity index (χ4n) is 4.82. The molecule has 1 fully saturated rings. The Bertz CT molecular complexity index is 1350. The maximum Gasteiger partial charge on any atom is 0.231 e. The zero-order chi connectivity index (χ0) is 24.5. The van der Waals surface area contributed by atoms with Crippen molar-refractivity contribution in [2.24, 2.45) is 0 Å². The van der Waals surface area contributed by atoms with Crippen molar-refractivity contribution in [3.63, 3.8) is 0 Å². The minimum Gasteiger partial charge on any atom is -0.454 e. The van der Waals surface area contributed by atoms with E-state index in [2.05, 4.69) is 25.3 Å². The van der Waals surface area contributed by atoms with E-state index in [1.807, 2.05) is 24.3 Å². The van der Waals surface area contributed by atoms with Crippen molar-refractivity contribution in [3.8, 4) is 11.5 Å². The van der Waals surface area contributed by atoms with Crippen molar-refractivity contribution in [2.75, 3.05) is 37.9 Å². The zero-order valence-electron chi connectivity index (χ0n) is 19.4. The van der Waals surface area contributed by atoms with Crippen LogP contribution in [0.15, 0.2) is 66.7 Å². The molecule has 1 saturated heterocycles. The molecule has 4 aromatic rings. The van der Waals surface area contributed by atoms with E-state index in [-0.39, 0.29) is 18.4 Å². The van der Waals surface area contributed by atoms with Crippen LogP contribution in [0, 0.1) is 11.6 Å². The van der Waals surface area contributed by atoms with Gasteiger partial charge < -0.3 is 14.4 Å². The number of hydrogen-bond acceptors (Lipinski definition) is 7. The van der Waals surface area contributed by atoms with Gasteiger partial charge in [0.1, 0.15) is 17.7 Å². The SMILES string of the molecule is Fc1ccc(N2CCN([C@@H](c3ccccc3F)c3nnnn3Cc3ccc4c(c3)OCO4)CC2)cc1. The molecule has 3 aromatic carbocycles. The molecule has 0 radical (unpaired) electrons. The first-order valence-corrected chi connectivity index (χ1v) is 11.8. The molecule has 10 heteroatoms. The van der Waals surface area contributed by atoms with Crippen LogP contribution in [0.5, 0.6) is 11.5 Å². The first kappa shape index (κ1) is 22.4. The predicted molar refractivity (Wildman–Crippen MR) is 128 cm³/mol. The average Bonchev–Trinajstić information content (AvgIpc) is 3.56. The highest BCUT2D eigenvalue weighted by atomic mass is 19.1. The molecule has 36 heavy (non-hydrogen) atoms. The molecule has 6 rings (SSSR count). The lowest BCUT2D eigenvalue weighted by molar-refractivity contribution is 0.174. The van der Waals surface area contributed by atoms with Gasteiger partial charge >= 0.3 is 0 Å².